The van der Waals surface area contributed by atoms with E-state index < -0.39 is 12.6 Å². The Labute approximate surface area is 77.8 Å². The lowest BCUT2D eigenvalue weighted by atomic mass is 10.1. The number of halogens is 3. The smallest absolute Gasteiger partial charge is 0.171 e. The van der Waals surface area contributed by atoms with Gasteiger partial charge >= 0.3 is 6.18 Å². The first-order chi connectivity index (χ1) is 6.06. The van der Waals surface area contributed by atoms with Crippen LogP contribution in [0.1, 0.15) is 44.9 Å². The lowest BCUT2D eigenvalue weighted by Gasteiger charge is -2.04. The lowest BCUT2D eigenvalue weighted by molar-refractivity contribution is -0.135. The highest BCUT2D eigenvalue weighted by Gasteiger charge is 2.25. The highest BCUT2D eigenvalue weighted by Crippen LogP contribution is 2.23. The number of alkyl halides is 3. The summed E-state index contributed by atoms with van der Waals surface area (Å²) in [6, 6.07) is 0. The van der Waals surface area contributed by atoms with Gasteiger partial charge < -0.3 is 0 Å². The molecule has 0 rings (SSSR count). The monoisotopic (exact) mass is 193 g/mol. The lowest BCUT2D eigenvalue weighted by Crippen LogP contribution is -2.06. The molecule has 3 heteroatoms. The van der Waals surface area contributed by atoms with Crippen molar-refractivity contribution in [1.29, 1.82) is 0 Å². The van der Waals surface area contributed by atoms with Crippen LogP contribution >= 0.6 is 0 Å². The number of allylic oxidation sites excluding steroid dienone is 1. The summed E-state index contributed by atoms with van der Waals surface area (Å²) < 4.78 is 35.0. The number of hydrogen-bond acceptors (Lipinski definition) is 0. The van der Waals surface area contributed by atoms with Crippen molar-refractivity contribution in [3.05, 3.63) is 12.7 Å². The number of hydrogen-bond donors (Lipinski definition) is 0. The summed E-state index contributed by atoms with van der Waals surface area (Å²) in [6.07, 6.45) is 1.61. The fourth-order valence-corrected chi connectivity index (χ4v) is 1.12. The molecule has 0 aliphatic carbocycles. The number of unbranched alkanes of at least 4 members (excludes halogenated alkanes) is 5. The van der Waals surface area contributed by atoms with E-state index >= 15 is 0 Å². The highest BCUT2D eigenvalue weighted by atomic mass is 19.4. The molecule has 0 bridgehead atoms. The molecule has 0 saturated carbocycles. The molecule has 0 aliphatic heterocycles. The van der Waals surface area contributed by atoms with Crippen LogP contribution in [0.5, 0.6) is 0 Å². The molecule has 0 N–H and O–H groups in total. The average Bonchev–Trinajstić information content (AvgIpc) is 2.01. The third-order valence-electron chi connectivity index (χ3n) is 1.83. The van der Waals surface area contributed by atoms with Crippen LogP contribution in [0.4, 0.5) is 13.2 Å². The highest BCUT2D eigenvalue weighted by molar-refractivity contribution is 4.61. The van der Waals surface area contributed by atoms with E-state index in [2.05, 4.69) is 0 Å². The van der Waals surface area contributed by atoms with E-state index in [0.29, 0.717) is 6.42 Å². The van der Waals surface area contributed by atoms with Crippen LogP contribution in [-0.2, 0) is 0 Å². The van der Waals surface area contributed by atoms with Crippen LogP contribution < -0.4 is 0 Å². The first kappa shape index (κ1) is 12.5. The largest absolute Gasteiger partial charge is 0.389 e. The van der Waals surface area contributed by atoms with Crippen LogP contribution in [0.3, 0.4) is 0 Å². The Balaban J connectivity index is 3.04. The predicted octanol–water partition coefficient (Wildman–Crippen LogP) is 4.27. The minimum Gasteiger partial charge on any atom is -0.171 e. The van der Waals surface area contributed by atoms with E-state index in [1.165, 1.54) is 0 Å². The van der Waals surface area contributed by atoms with Crippen molar-refractivity contribution in [3.63, 3.8) is 0 Å². The van der Waals surface area contributed by atoms with Gasteiger partial charge in [0.25, 0.3) is 0 Å². The standard InChI is InChI=1S/C10H16F3/c1-2-3-4-5-6-7-8-9-10(11,12)13/h1-2H,3-9H2. The Kier molecular flexibility index (Phi) is 6.73. The summed E-state index contributed by atoms with van der Waals surface area (Å²) in [4.78, 5) is 0. The summed E-state index contributed by atoms with van der Waals surface area (Å²) in [6.45, 7) is 5.15. The van der Waals surface area contributed by atoms with Crippen molar-refractivity contribution < 1.29 is 13.2 Å². The zero-order valence-corrected chi connectivity index (χ0v) is 7.74. The SMILES string of the molecule is [CH]=CCCCCCCCC(F)(F)F. The molecular formula is C10H16F3. The quantitative estimate of drug-likeness (QED) is 0.530. The summed E-state index contributed by atoms with van der Waals surface area (Å²) in [5, 5.41) is 0. The Morgan fingerprint density at radius 1 is 0.923 bits per heavy atom. The van der Waals surface area contributed by atoms with Crippen molar-refractivity contribution in [3.8, 4) is 0 Å². The molecule has 0 aromatic rings. The van der Waals surface area contributed by atoms with Crippen molar-refractivity contribution in [2.45, 2.75) is 51.1 Å². The van der Waals surface area contributed by atoms with E-state index in [1.54, 1.807) is 6.08 Å². The Hall–Kier alpha value is -0.470. The molecule has 0 amide bonds. The van der Waals surface area contributed by atoms with E-state index in [4.69, 9.17) is 6.58 Å². The molecule has 0 fully saturated rings. The first-order valence-corrected chi connectivity index (χ1v) is 4.66. The summed E-state index contributed by atoms with van der Waals surface area (Å²) in [5.41, 5.74) is 0. The van der Waals surface area contributed by atoms with E-state index in [-0.39, 0.29) is 6.42 Å². The summed E-state index contributed by atoms with van der Waals surface area (Å²) in [5.74, 6) is 0. The Morgan fingerprint density at radius 2 is 1.46 bits per heavy atom. The fraction of sp³-hybridized carbons (Fsp3) is 0.800. The van der Waals surface area contributed by atoms with Crippen LogP contribution in [-0.4, -0.2) is 6.18 Å². The second kappa shape index (κ2) is 6.98. The predicted molar refractivity (Wildman–Crippen MR) is 47.2 cm³/mol. The molecule has 0 aliphatic rings. The third kappa shape index (κ3) is 11.5. The third-order valence-corrected chi connectivity index (χ3v) is 1.83. The van der Waals surface area contributed by atoms with Crippen molar-refractivity contribution in [1.82, 2.24) is 0 Å². The molecule has 0 nitrogen and oxygen atoms in total. The minimum atomic E-state index is -3.98. The van der Waals surface area contributed by atoms with Gasteiger partial charge in [-0.1, -0.05) is 31.9 Å². The molecule has 0 unspecified atom stereocenters. The molecule has 0 saturated heterocycles. The zero-order valence-electron chi connectivity index (χ0n) is 7.74. The van der Waals surface area contributed by atoms with Gasteiger partial charge in [-0.15, -0.1) is 0 Å². The second-order valence-electron chi connectivity index (χ2n) is 3.16. The van der Waals surface area contributed by atoms with Gasteiger partial charge in [0.1, 0.15) is 0 Å². The average molecular weight is 193 g/mol. The topological polar surface area (TPSA) is 0 Å². The Morgan fingerprint density at radius 3 is 2.00 bits per heavy atom. The van der Waals surface area contributed by atoms with Gasteiger partial charge in [0.05, 0.1) is 0 Å². The van der Waals surface area contributed by atoms with Crippen molar-refractivity contribution in [2.75, 3.05) is 0 Å². The van der Waals surface area contributed by atoms with Crippen molar-refractivity contribution >= 4 is 0 Å². The second-order valence-corrected chi connectivity index (χ2v) is 3.16. The maximum absolute atomic E-state index is 11.7. The van der Waals surface area contributed by atoms with Crippen LogP contribution in [0, 0.1) is 6.58 Å². The summed E-state index contributed by atoms with van der Waals surface area (Å²) in [7, 11) is 0. The maximum Gasteiger partial charge on any atom is 0.389 e. The molecule has 0 atom stereocenters. The van der Waals surface area contributed by atoms with E-state index in [1.807, 2.05) is 0 Å². The number of rotatable bonds is 7. The molecular weight excluding hydrogens is 177 g/mol. The maximum atomic E-state index is 11.7. The van der Waals surface area contributed by atoms with Gasteiger partial charge in [0.2, 0.25) is 0 Å². The molecule has 0 spiro atoms. The minimum absolute atomic E-state index is 0.260. The van der Waals surface area contributed by atoms with Gasteiger partial charge in [-0.3, -0.25) is 0 Å². The zero-order chi connectivity index (χ0) is 10.2. The molecule has 1 radical (unpaired) electrons. The van der Waals surface area contributed by atoms with Crippen LogP contribution in [0.2, 0.25) is 0 Å². The first-order valence-electron chi connectivity index (χ1n) is 4.66. The van der Waals surface area contributed by atoms with E-state index in [0.717, 1.165) is 25.7 Å². The Bertz CT molecular complexity index is 127. The summed E-state index contributed by atoms with van der Waals surface area (Å²) >= 11 is 0. The molecule has 0 heterocycles. The normalized spacial score (nSPS) is 11.6. The molecule has 0 aromatic heterocycles. The van der Waals surface area contributed by atoms with Crippen LogP contribution in [0.15, 0.2) is 6.08 Å². The molecule has 77 valence electrons. The van der Waals surface area contributed by atoms with Crippen molar-refractivity contribution in [2.24, 2.45) is 0 Å². The van der Waals surface area contributed by atoms with E-state index in [9.17, 15) is 13.2 Å². The van der Waals surface area contributed by atoms with Gasteiger partial charge in [-0.05, 0) is 19.3 Å². The van der Waals surface area contributed by atoms with Gasteiger partial charge in [-0.25, -0.2) is 0 Å². The van der Waals surface area contributed by atoms with Crippen LogP contribution in [0.25, 0.3) is 0 Å². The fourth-order valence-electron chi connectivity index (χ4n) is 1.12. The van der Waals surface area contributed by atoms with Gasteiger partial charge in [0.15, 0.2) is 0 Å². The van der Waals surface area contributed by atoms with Gasteiger partial charge in [-0.2, -0.15) is 13.2 Å². The molecule has 13 heavy (non-hydrogen) atoms. The van der Waals surface area contributed by atoms with Gasteiger partial charge in [0, 0.05) is 6.42 Å². The molecule has 0 aromatic carbocycles.